The van der Waals surface area contributed by atoms with Gasteiger partial charge in [0.15, 0.2) is 11.6 Å². The van der Waals surface area contributed by atoms with Crippen LogP contribution < -0.4 is 0 Å². The fourth-order valence-corrected chi connectivity index (χ4v) is 6.01. The molecular weight excluding hydrogens is 867 g/mol. The van der Waals surface area contributed by atoms with E-state index in [1.54, 1.807) is 36.5 Å². The Balaban J connectivity index is 0.000000719. The number of aryl methyl sites for hydroxylation is 5. The summed E-state index contributed by atoms with van der Waals surface area (Å²) < 4.78 is 18.8. The predicted molar refractivity (Wildman–Crippen MR) is 265 cm³/mol. The van der Waals surface area contributed by atoms with Crippen LogP contribution in [-0.4, -0.2) is 73.1 Å². The Hall–Kier alpha value is -4.49. The Morgan fingerprint density at radius 3 is 1.41 bits per heavy atom. The monoisotopic (exact) mass is 944 g/mol. The van der Waals surface area contributed by atoms with Gasteiger partial charge in [0, 0.05) is 66.1 Å². The average molecular weight is 944 g/mol. The largest absolute Gasteiger partial charge is 0.425 e. The van der Waals surface area contributed by atoms with Gasteiger partial charge in [-0.05, 0) is 45.1 Å². The molecule has 64 heavy (non-hydrogen) atoms. The van der Waals surface area contributed by atoms with E-state index in [1.807, 2.05) is 94.8 Å². The lowest BCUT2D eigenvalue weighted by atomic mass is 10.2. The van der Waals surface area contributed by atoms with Gasteiger partial charge in [-0.15, -0.1) is 43.1 Å². The first-order chi connectivity index (χ1) is 30.0. The van der Waals surface area contributed by atoms with Gasteiger partial charge in [0.2, 0.25) is 23.6 Å². The average Bonchev–Trinajstić information content (AvgIpc) is 4.07. The van der Waals surface area contributed by atoms with Gasteiger partial charge in [0.1, 0.15) is 26.7 Å². The molecule has 0 atom stereocenters. The summed E-state index contributed by atoms with van der Waals surface area (Å²) in [6.45, 7) is 45.3. The molecule has 0 saturated carbocycles. The second-order valence-corrected chi connectivity index (χ2v) is 19.3. The van der Waals surface area contributed by atoms with Crippen molar-refractivity contribution in [3.05, 3.63) is 72.6 Å². The molecule has 0 amide bonds. The maximum atomic E-state index is 5.12. The Bertz CT molecular complexity index is 1860. The van der Waals surface area contributed by atoms with Crippen molar-refractivity contribution >= 4 is 45.8 Å². The number of hydrogen-bond acceptors (Lipinski definition) is 19. The molecule has 0 N–H and O–H groups in total. The summed E-state index contributed by atoms with van der Waals surface area (Å²) in [5, 5.41) is 26.1. The van der Waals surface area contributed by atoms with E-state index in [9.17, 15) is 0 Å². The predicted octanol–water partition coefficient (Wildman–Crippen LogP) is 13.3. The van der Waals surface area contributed by atoms with Gasteiger partial charge in [-0.2, -0.15) is 14.3 Å². The van der Waals surface area contributed by atoms with Crippen LogP contribution in [0.2, 0.25) is 0 Å². The minimum atomic E-state index is 0.339. The molecule has 6 aromatic rings. The summed E-state index contributed by atoms with van der Waals surface area (Å²) in [5.74, 6) is 9.32. The van der Waals surface area contributed by atoms with Crippen LogP contribution in [0.15, 0.2) is 35.2 Å². The maximum Gasteiger partial charge on any atom is 0.229 e. The van der Waals surface area contributed by atoms with Gasteiger partial charge in [0.05, 0.1) is 12.1 Å². The number of amidine groups is 1. The van der Waals surface area contributed by atoms with Crippen molar-refractivity contribution < 1.29 is 13.5 Å². The van der Waals surface area contributed by atoms with E-state index in [2.05, 4.69) is 120 Å². The molecule has 0 bridgehead atoms. The highest BCUT2D eigenvalue weighted by atomic mass is 32.1. The fourth-order valence-electron chi connectivity index (χ4n) is 4.02. The highest BCUT2D eigenvalue weighted by Gasteiger charge is 2.09. The minimum absolute atomic E-state index is 0.339. The van der Waals surface area contributed by atoms with Crippen molar-refractivity contribution in [2.75, 3.05) is 6.54 Å². The Morgan fingerprint density at radius 1 is 0.562 bits per heavy atom. The van der Waals surface area contributed by atoms with Crippen LogP contribution in [0.1, 0.15) is 214 Å². The Morgan fingerprint density at radius 2 is 1.19 bits per heavy atom. The number of thiazole rings is 1. The summed E-state index contributed by atoms with van der Waals surface area (Å²) in [5.41, 5.74) is 3.01. The van der Waals surface area contributed by atoms with Crippen molar-refractivity contribution in [1.82, 2.24) is 55.0 Å². The second-order valence-electron chi connectivity index (χ2n) is 16.4. The number of aromatic nitrogens is 11. The molecule has 16 nitrogen and oxygen atoms in total. The molecule has 1 aliphatic rings. The first kappa shape index (κ1) is 59.5. The van der Waals surface area contributed by atoms with Crippen LogP contribution >= 0.6 is 34.2 Å². The van der Waals surface area contributed by atoms with Gasteiger partial charge in [-0.25, -0.2) is 9.98 Å². The van der Waals surface area contributed by atoms with Crippen LogP contribution in [0.25, 0.3) is 0 Å². The van der Waals surface area contributed by atoms with Gasteiger partial charge >= 0.3 is 0 Å². The first-order valence-corrected chi connectivity index (χ1v) is 24.4. The van der Waals surface area contributed by atoms with Gasteiger partial charge in [-0.3, -0.25) is 9.98 Å². The number of nitrogens with zero attached hydrogens (tertiary/aromatic N) is 13. The highest BCUT2D eigenvalue weighted by Crippen LogP contribution is 2.19. The standard InChI is InChI=1S/C7H12N2.3C6H10N2O.2C6H10N2S.C6H9NS.C2H6/c1-5(2)7-8-4-6(3)9-7;1-4(2)6-8-7-5(3)9-6;1-4(2)6-7-5(3)9-8-6;1-4(2)6-7-5(3)8-9-6;1-4(2)6-8-7-5(3)9-6;1-4(2)6-7-5(3)8-9-6;1-5(2)6-3-7-4-8-6;1-2/h5H,4H2,1-3H3;5*4H,1-3H3;3-5H,1-2H3;1-2H3. The van der Waals surface area contributed by atoms with E-state index in [1.165, 1.54) is 16.4 Å². The second kappa shape index (κ2) is 32.2. The fraction of sp³-hybridized carbons (Fsp3) is 0.667. The summed E-state index contributed by atoms with van der Waals surface area (Å²) in [7, 11) is 0. The molecular formula is C45H77N13O3S3. The molecule has 7 heterocycles. The lowest BCUT2D eigenvalue weighted by Gasteiger charge is -1.97. The topological polar surface area (TPSA) is 206 Å². The van der Waals surface area contributed by atoms with E-state index in [0.29, 0.717) is 70.8 Å². The van der Waals surface area contributed by atoms with E-state index in [0.717, 1.165) is 44.8 Å². The molecule has 0 fully saturated rings. The van der Waals surface area contributed by atoms with E-state index in [-0.39, 0.29) is 0 Å². The van der Waals surface area contributed by atoms with E-state index < -0.39 is 0 Å². The summed E-state index contributed by atoms with van der Waals surface area (Å²) in [6.07, 6.45) is 1.93. The smallest absolute Gasteiger partial charge is 0.229 e. The summed E-state index contributed by atoms with van der Waals surface area (Å²) in [4.78, 5) is 26.1. The number of rotatable bonds is 7. The zero-order valence-corrected chi connectivity index (χ0v) is 45.1. The van der Waals surface area contributed by atoms with Crippen LogP contribution in [0.4, 0.5) is 0 Å². The normalized spacial score (nSPS) is 11.5. The zero-order chi connectivity index (χ0) is 49.1. The quantitative estimate of drug-likeness (QED) is 0.146. The maximum absolute atomic E-state index is 5.12. The van der Waals surface area contributed by atoms with Gasteiger partial charge in [0.25, 0.3) is 0 Å². The molecule has 0 unspecified atom stereocenters. The Kier molecular flexibility index (Phi) is 30.0. The van der Waals surface area contributed by atoms with Crippen LogP contribution in [0, 0.1) is 40.5 Å². The highest BCUT2D eigenvalue weighted by molar-refractivity contribution is 7.11. The molecule has 0 spiro atoms. The SMILES string of the molecule is CC.CC(C)c1cncs1.CC1=NC(C(C)C)=NC1.Cc1nc(C(C)C)no1.Cc1nnc(C(C)C)o1.Cc1nnc(C(C)C)s1.Cc1noc(C(C)C)n1.Cc1nsc(C(C)C)n1. The molecule has 0 saturated heterocycles. The molecule has 1 aliphatic heterocycles. The lowest BCUT2D eigenvalue weighted by Crippen LogP contribution is -2.00. The van der Waals surface area contributed by atoms with Crippen LogP contribution in [-0.2, 0) is 0 Å². The third-order valence-electron chi connectivity index (χ3n) is 7.52. The molecule has 0 radical (unpaired) electrons. The van der Waals surface area contributed by atoms with Crippen molar-refractivity contribution in [3.63, 3.8) is 0 Å². The zero-order valence-electron chi connectivity index (χ0n) is 42.7. The summed E-state index contributed by atoms with van der Waals surface area (Å²) in [6, 6.07) is 0. The van der Waals surface area contributed by atoms with Crippen molar-refractivity contribution in [2.45, 2.75) is 188 Å². The van der Waals surface area contributed by atoms with E-state index in [4.69, 9.17) is 13.5 Å². The number of hydrogen-bond donors (Lipinski definition) is 0. The molecule has 6 aromatic heterocycles. The first-order valence-electron chi connectivity index (χ1n) is 22.0. The van der Waals surface area contributed by atoms with E-state index >= 15 is 0 Å². The molecule has 0 aliphatic carbocycles. The van der Waals surface area contributed by atoms with Gasteiger partial charge in [-0.1, -0.05) is 121 Å². The third-order valence-corrected chi connectivity index (χ3v) is 10.8. The van der Waals surface area contributed by atoms with Gasteiger partial charge < -0.3 is 13.5 Å². The van der Waals surface area contributed by atoms with Crippen molar-refractivity contribution in [1.29, 1.82) is 0 Å². The van der Waals surface area contributed by atoms with Crippen molar-refractivity contribution in [3.8, 4) is 0 Å². The van der Waals surface area contributed by atoms with Crippen LogP contribution in [0.5, 0.6) is 0 Å². The summed E-state index contributed by atoms with van der Waals surface area (Å²) >= 11 is 4.89. The molecule has 7 rings (SSSR count). The Labute approximate surface area is 395 Å². The molecule has 358 valence electrons. The number of aliphatic imine (C=N–C) groups is 2. The molecule has 19 heteroatoms. The lowest BCUT2D eigenvalue weighted by molar-refractivity contribution is 0.362. The van der Waals surface area contributed by atoms with Crippen LogP contribution in [0.3, 0.4) is 0 Å². The van der Waals surface area contributed by atoms with Crippen molar-refractivity contribution in [2.24, 2.45) is 15.9 Å². The third kappa shape index (κ3) is 25.7. The minimum Gasteiger partial charge on any atom is -0.425 e. The molecule has 0 aromatic carbocycles.